The van der Waals surface area contributed by atoms with E-state index in [2.05, 4.69) is 28.7 Å². The van der Waals surface area contributed by atoms with Crippen LogP contribution in [0, 0.1) is 0 Å². The predicted molar refractivity (Wildman–Crippen MR) is 66.6 cm³/mol. The lowest BCUT2D eigenvalue weighted by atomic mass is 10.2. The van der Waals surface area contributed by atoms with Gasteiger partial charge in [-0.05, 0) is 26.0 Å². The SMILES string of the molecule is CCn1cncc1CNC(C)Cc1ccco1. The van der Waals surface area contributed by atoms with Crippen LogP contribution in [-0.4, -0.2) is 15.6 Å². The Morgan fingerprint density at radius 1 is 1.53 bits per heavy atom. The Hall–Kier alpha value is -1.55. The van der Waals surface area contributed by atoms with Crippen LogP contribution in [0.2, 0.25) is 0 Å². The van der Waals surface area contributed by atoms with Crippen molar-refractivity contribution in [2.75, 3.05) is 0 Å². The zero-order valence-corrected chi connectivity index (χ0v) is 10.4. The summed E-state index contributed by atoms with van der Waals surface area (Å²) >= 11 is 0. The Morgan fingerprint density at radius 3 is 3.12 bits per heavy atom. The summed E-state index contributed by atoms with van der Waals surface area (Å²) in [4.78, 5) is 4.15. The highest BCUT2D eigenvalue weighted by Gasteiger charge is 2.06. The highest BCUT2D eigenvalue weighted by atomic mass is 16.3. The summed E-state index contributed by atoms with van der Waals surface area (Å²) in [6.45, 7) is 6.09. The van der Waals surface area contributed by atoms with E-state index in [1.807, 2.05) is 24.7 Å². The number of furan rings is 1. The minimum absolute atomic E-state index is 0.390. The molecule has 0 aliphatic rings. The zero-order valence-electron chi connectivity index (χ0n) is 10.4. The molecule has 2 heterocycles. The highest BCUT2D eigenvalue weighted by Crippen LogP contribution is 2.05. The monoisotopic (exact) mass is 233 g/mol. The van der Waals surface area contributed by atoms with Crippen molar-refractivity contribution in [1.82, 2.24) is 14.9 Å². The van der Waals surface area contributed by atoms with Gasteiger partial charge in [-0.3, -0.25) is 0 Å². The van der Waals surface area contributed by atoms with Crippen LogP contribution in [0.5, 0.6) is 0 Å². The van der Waals surface area contributed by atoms with Crippen molar-refractivity contribution in [3.05, 3.63) is 42.4 Å². The van der Waals surface area contributed by atoms with E-state index in [-0.39, 0.29) is 0 Å². The van der Waals surface area contributed by atoms with E-state index in [1.54, 1.807) is 6.26 Å². The smallest absolute Gasteiger partial charge is 0.105 e. The maximum absolute atomic E-state index is 5.33. The van der Waals surface area contributed by atoms with Gasteiger partial charge in [-0.2, -0.15) is 0 Å². The molecule has 1 unspecified atom stereocenters. The Morgan fingerprint density at radius 2 is 2.41 bits per heavy atom. The maximum Gasteiger partial charge on any atom is 0.105 e. The Balaban J connectivity index is 1.82. The van der Waals surface area contributed by atoms with Gasteiger partial charge in [0.1, 0.15) is 5.76 Å². The second-order valence-electron chi connectivity index (χ2n) is 4.24. The number of aromatic nitrogens is 2. The summed E-state index contributed by atoms with van der Waals surface area (Å²) in [6.07, 6.45) is 6.41. The van der Waals surface area contributed by atoms with Gasteiger partial charge < -0.3 is 14.3 Å². The molecule has 0 saturated carbocycles. The van der Waals surface area contributed by atoms with Crippen molar-refractivity contribution in [1.29, 1.82) is 0 Å². The van der Waals surface area contributed by atoms with E-state index in [9.17, 15) is 0 Å². The first-order valence-electron chi connectivity index (χ1n) is 6.04. The van der Waals surface area contributed by atoms with Crippen LogP contribution in [0.3, 0.4) is 0 Å². The lowest BCUT2D eigenvalue weighted by Gasteiger charge is -2.13. The molecule has 0 fully saturated rings. The molecule has 0 bridgehead atoms. The molecule has 0 aliphatic heterocycles. The number of hydrogen-bond donors (Lipinski definition) is 1. The first-order chi connectivity index (χ1) is 8.29. The van der Waals surface area contributed by atoms with E-state index >= 15 is 0 Å². The average Bonchev–Trinajstić information content (AvgIpc) is 2.96. The van der Waals surface area contributed by atoms with Crippen molar-refractivity contribution < 1.29 is 4.42 Å². The summed E-state index contributed by atoms with van der Waals surface area (Å²) in [5.41, 5.74) is 1.22. The van der Waals surface area contributed by atoms with Gasteiger partial charge in [0.15, 0.2) is 0 Å². The van der Waals surface area contributed by atoms with E-state index in [0.717, 1.165) is 25.3 Å². The Bertz CT molecular complexity index is 433. The van der Waals surface area contributed by atoms with Gasteiger partial charge in [0.25, 0.3) is 0 Å². The molecule has 4 heteroatoms. The van der Waals surface area contributed by atoms with Crippen molar-refractivity contribution in [2.24, 2.45) is 0 Å². The third kappa shape index (κ3) is 3.20. The summed E-state index contributed by atoms with van der Waals surface area (Å²) in [6, 6.07) is 4.32. The molecule has 2 aromatic rings. The molecule has 1 atom stereocenters. The number of aryl methyl sites for hydroxylation is 1. The second kappa shape index (κ2) is 5.68. The van der Waals surface area contributed by atoms with Gasteiger partial charge in [0.2, 0.25) is 0 Å². The number of rotatable bonds is 6. The fourth-order valence-electron chi connectivity index (χ4n) is 1.86. The maximum atomic E-state index is 5.33. The predicted octanol–water partition coefficient (Wildman–Crippen LogP) is 2.22. The van der Waals surface area contributed by atoms with Crippen molar-refractivity contribution in [3.63, 3.8) is 0 Å². The first kappa shape index (κ1) is 11.9. The molecule has 0 spiro atoms. The molecule has 4 nitrogen and oxygen atoms in total. The minimum Gasteiger partial charge on any atom is -0.469 e. The van der Waals surface area contributed by atoms with Crippen molar-refractivity contribution in [2.45, 2.75) is 39.4 Å². The molecule has 1 N–H and O–H groups in total. The molecule has 0 radical (unpaired) electrons. The standard InChI is InChI=1S/C13H19N3O/c1-3-16-10-14-8-12(16)9-15-11(2)7-13-5-4-6-17-13/h4-6,8,10-11,15H,3,7,9H2,1-2H3. The Labute approximate surface area is 102 Å². The quantitative estimate of drug-likeness (QED) is 0.832. The van der Waals surface area contributed by atoms with E-state index in [1.165, 1.54) is 5.69 Å². The second-order valence-corrected chi connectivity index (χ2v) is 4.24. The van der Waals surface area contributed by atoms with Crippen LogP contribution in [0.1, 0.15) is 25.3 Å². The molecular formula is C13H19N3O. The van der Waals surface area contributed by atoms with Crippen LogP contribution in [-0.2, 0) is 19.5 Å². The average molecular weight is 233 g/mol. The minimum atomic E-state index is 0.390. The van der Waals surface area contributed by atoms with E-state index in [4.69, 9.17) is 4.42 Å². The van der Waals surface area contributed by atoms with Gasteiger partial charge >= 0.3 is 0 Å². The lowest BCUT2D eigenvalue weighted by Crippen LogP contribution is -2.28. The Kier molecular flexibility index (Phi) is 3.98. The molecule has 92 valence electrons. The number of imidazole rings is 1. The third-order valence-electron chi connectivity index (χ3n) is 2.86. The van der Waals surface area contributed by atoms with Gasteiger partial charge in [-0.25, -0.2) is 4.98 Å². The number of nitrogens with one attached hydrogen (secondary N) is 1. The number of hydrogen-bond acceptors (Lipinski definition) is 3. The normalized spacial score (nSPS) is 12.8. The van der Waals surface area contributed by atoms with Crippen LogP contribution >= 0.6 is 0 Å². The fourth-order valence-corrected chi connectivity index (χ4v) is 1.86. The van der Waals surface area contributed by atoms with Crippen LogP contribution < -0.4 is 5.32 Å². The van der Waals surface area contributed by atoms with Gasteiger partial charge in [0.05, 0.1) is 18.3 Å². The van der Waals surface area contributed by atoms with Gasteiger partial charge in [-0.1, -0.05) is 0 Å². The summed E-state index contributed by atoms with van der Waals surface area (Å²) in [5, 5.41) is 3.48. The number of nitrogens with zero attached hydrogens (tertiary/aromatic N) is 2. The molecule has 0 aliphatic carbocycles. The topological polar surface area (TPSA) is 43.0 Å². The molecule has 0 aromatic carbocycles. The molecule has 2 rings (SSSR count). The molecule has 17 heavy (non-hydrogen) atoms. The molecule has 2 aromatic heterocycles. The summed E-state index contributed by atoms with van der Waals surface area (Å²) in [5.74, 6) is 1.02. The molecular weight excluding hydrogens is 214 g/mol. The van der Waals surface area contributed by atoms with Crippen LogP contribution in [0.4, 0.5) is 0 Å². The largest absolute Gasteiger partial charge is 0.469 e. The zero-order chi connectivity index (χ0) is 12.1. The first-order valence-corrected chi connectivity index (χ1v) is 6.04. The van der Waals surface area contributed by atoms with Crippen LogP contribution in [0.25, 0.3) is 0 Å². The molecule has 0 amide bonds. The lowest BCUT2D eigenvalue weighted by molar-refractivity contribution is 0.452. The van der Waals surface area contributed by atoms with Crippen molar-refractivity contribution >= 4 is 0 Å². The van der Waals surface area contributed by atoms with E-state index in [0.29, 0.717) is 6.04 Å². The van der Waals surface area contributed by atoms with Crippen molar-refractivity contribution in [3.8, 4) is 0 Å². The molecule has 0 saturated heterocycles. The van der Waals surface area contributed by atoms with Gasteiger partial charge in [-0.15, -0.1) is 0 Å². The van der Waals surface area contributed by atoms with E-state index < -0.39 is 0 Å². The summed E-state index contributed by atoms with van der Waals surface area (Å²) < 4.78 is 7.47. The summed E-state index contributed by atoms with van der Waals surface area (Å²) in [7, 11) is 0. The third-order valence-corrected chi connectivity index (χ3v) is 2.86. The highest BCUT2D eigenvalue weighted by molar-refractivity contribution is 5.01. The van der Waals surface area contributed by atoms with Crippen LogP contribution in [0.15, 0.2) is 35.3 Å². The fraction of sp³-hybridized carbons (Fsp3) is 0.462. The van der Waals surface area contributed by atoms with Gasteiger partial charge in [0, 0.05) is 31.7 Å².